The molecule has 7 N–H and O–H groups in total. The minimum atomic E-state index is -5.08. The monoisotopic (exact) mass is 781 g/mol. The summed E-state index contributed by atoms with van der Waals surface area (Å²) in [4.78, 5) is 55.5. The number of hydrogen-bond donors (Lipinski definition) is 6. The second-order valence-electron chi connectivity index (χ2n) is 13.3. The number of nitrogens with zero attached hydrogens (tertiary/aromatic N) is 2. The fraction of sp³-hybridized carbons (Fsp3) is 0.378. The molecule has 1 aliphatic rings. The summed E-state index contributed by atoms with van der Waals surface area (Å²) in [5.41, 5.74) is 13.1. The van der Waals surface area contributed by atoms with Crippen LogP contribution < -0.4 is 11.1 Å². The number of halogens is 6. The number of nitrogens with one attached hydrogen (secondary N) is 2. The van der Waals surface area contributed by atoms with E-state index < -0.39 is 36.4 Å². The minimum Gasteiger partial charge on any atom is -0.508 e. The molecule has 0 radical (unpaired) electrons. The maximum absolute atomic E-state index is 14.0. The number of rotatable bonds is 8. The lowest BCUT2D eigenvalue weighted by atomic mass is 9.91. The molecule has 3 atom stereocenters. The van der Waals surface area contributed by atoms with Crippen molar-refractivity contribution in [2.45, 2.75) is 84.0 Å². The zero-order chi connectivity index (χ0) is 41.4. The lowest BCUT2D eigenvalue weighted by Gasteiger charge is -2.38. The molecule has 0 bridgehead atoms. The molecule has 18 heteroatoms. The van der Waals surface area contributed by atoms with Gasteiger partial charge >= 0.3 is 24.3 Å². The number of phenols is 1. The van der Waals surface area contributed by atoms with Gasteiger partial charge in [0.2, 0.25) is 11.8 Å². The molecular weight excluding hydrogens is 740 g/mol. The Kier molecular flexibility index (Phi) is 14.4. The summed E-state index contributed by atoms with van der Waals surface area (Å²) >= 11 is 0. The Bertz CT molecular complexity index is 1920. The number of hydrogen-bond acceptors (Lipinski definition) is 7. The maximum Gasteiger partial charge on any atom is 0.490 e. The van der Waals surface area contributed by atoms with E-state index in [2.05, 4.69) is 24.1 Å². The van der Waals surface area contributed by atoms with E-state index in [0.717, 1.165) is 38.9 Å². The van der Waals surface area contributed by atoms with Gasteiger partial charge in [0, 0.05) is 13.0 Å². The largest absolute Gasteiger partial charge is 0.508 e. The standard InChI is InChI=1S/C33H39N5O3.2C2HF3O2/c1-19(2)13-29(31-35-27-11-7-8-12-28(27)36-31)37-32(40)30-16-22-9-5-6-10-23(22)18-38(30)33(41)26(34)17-25-20(3)14-24(39)15-21(25)4;2*3-2(4,5)1(6)7/h5-12,14-15,19,26,29-30,39H,13,16-18,34H2,1-4H3,(H,35,36)(H,37,40);2*(H,6,7)/t26-,29-,30-;;/m0../s1. The number of H-pyrrole nitrogens is 1. The number of carboxylic acid groups (broad SMARTS) is 2. The Balaban J connectivity index is 0.000000494. The van der Waals surface area contributed by atoms with E-state index in [1.807, 2.05) is 62.4 Å². The van der Waals surface area contributed by atoms with Gasteiger partial charge in [-0.1, -0.05) is 50.2 Å². The predicted octanol–water partition coefficient (Wildman–Crippen LogP) is 5.88. The number of aromatic hydroxyl groups is 1. The number of aliphatic carboxylic acids is 2. The van der Waals surface area contributed by atoms with Crippen LogP contribution in [0.5, 0.6) is 5.75 Å². The summed E-state index contributed by atoms with van der Waals surface area (Å²) in [6, 6.07) is 17.2. The fourth-order valence-electron chi connectivity index (χ4n) is 5.92. The van der Waals surface area contributed by atoms with E-state index in [9.17, 15) is 41.0 Å². The summed E-state index contributed by atoms with van der Waals surface area (Å²) in [5.74, 6) is -4.80. The van der Waals surface area contributed by atoms with E-state index >= 15 is 0 Å². The molecule has 5 rings (SSSR count). The molecular formula is C37H41F6N5O7. The molecule has 12 nitrogen and oxygen atoms in total. The number of phenolic OH excluding ortho intramolecular Hbond substituents is 1. The van der Waals surface area contributed by atoms with E-state index in [1.165, 1.54) is 0 Å². The van der Waals surface area contributed by atoms with Crippen LogP contribution in [0.3, 0.4) is 0 Å². The molecule has 0 saturated carbocycles. The number of fused-ring (bicyclic) bond motifs is 2. The number of aryl methyl sites for hydroxylation is 2. The van der Waals surface area contributed by atoms with Gasteiger partial charge in [-0.15, -0.1) is 0 Å². The van der Waals surface area contributed by atoms with Crippen LogP contribution in [0.15, 0.2) is 60.7 Å². The molecule has 1 aromatic heterocycles. The van der Waals surface area contributed by atoms with Gasteiger partial charge in [-0.2, -0.15) is 26.3 Å². The van der Waals surface area contributed by atoms with Crippen molar-refractivity contribution >= 4 is 34.8 Å². The number of nitrogens with two attached hydrogens (primary N) is 1. The predicted molar refractivity (Wildman–Crippen MR) is 188 cm³/mol. The normalized spacial score (nSPS) is 15.1. The Morgan fingerprint density at radius 3 is 1.93 bits per heavy atom. The third-order valence-electron chi connectivity index (χ3n) is 8.50. The number of amides is 2. The molecule has 0 aliphatic carbocycles. The summed E-state index contributed by atoms with van der Waals surface area (Å²) in [6.07, 6.45) is -8.74. The average molecular weight is 782 g/mol. The number of aromatic amines is 1. The Labute approximate surface area is 311 Å². The highest BCUT2D eigenvalue weighted by Gasteiger charge is 2.40. The van der Waals surface area contributed by atoms with E-state index in [0.29, 0.717) is 37.5 Å². The van der Waals surface area contributed by atoms with Crippen molar-refractivity contribution in [3.05, 3.63) is 94.3 Å². The van der Waals surface area contributed by atoms with Gasteiger partial charge in [0.1, 0.15) is 17.6 Å². The van der Waals surface area contributed by atoms with Crippen LogP contribution in [0.25, 0.3) is 11.0 Å². The van der Waals surface area contributed by atoms with Crippen molar-refractivity contribution in [3.8, 4) is 5.75 Å². The minimum absolute atomic E-state index is 0.188. The van der Waals surface area contributed by atoms with E-state index in [4.69, 9.17) is 30.5 Å². The van der Waals surface area contributed by atoms with Crippen LogP contribution in [0, 0.1) is 19.8 Å². The van der Waals surface area contributed by atoms with Crippen LogP contribution in [0.1, 0.15) is 60.0 Å². The Morgan fingerprint density at radius 2 is 1.42 bits per heavy atom. The van der Waals surface area contributed by atoms with Crippen molar-refractivity contribution in [3.63, 3.8) is 0 Å². The lowest BCUT2D eigenvalue weighted by Crippen LogP contribution is -2.57. The van der Waals surface area contributed by atoms with Gasteiger partial charge in [0.25, 0.3) is 0 Å². The maximum atomic E-state index is 14.0. The molecule has 55 heavy (non-hydrogen) atoms. The van der Waals surface area contributed by atoms with Crippen molar-refractivity contribution in [2.24, 2.45) is 11.7 Å². The van der Waals surface area contributed by atoms with Crippen LogP contribution in [-0.4, -0.2) is 78.4 Å². The third kappa shape index (κ3) is 12.2. The quantitative estimate of drug-likeness (QED) is 0.118. The lowest BCUT2D eigenvalue weighted by molar-refractivity contribution is -0.193. The SMILES string of the molecule is Cc1cc(O)cc(C)c1C[C@H](N)C(=O)N1Cc2ccccc2C[C@H]1C(=O)N[C@@H](CC(C)C)c1nc2ccccc2[nH]1.O=C(O)C(F)(F)F.O=C(O)C(F)(F)F. The summed E-state index contributed by atoms with van der Waals surface area (Å²) in [5, 5.41) is 27.4. The molecule has 0 unspecified atom stereocenters. The van der Waals surface area contributed by atoms with Gasteiger partial charge in [-0.25, -0.2) is 14.6 Å². The first-order valence-electron chi connectivity index (χ1n) is 16.8. The molecule has 1 aliphatic heterocycles. The molecule has 4 aromatic rings. The number of carbonyl (C=O) groups is 4. The second-order valence-corrected chi connectivity index (χ2v) is 13.3. The molecule has 0 saturated heterocycles. The number of benzene rings is 3. The van der Waals surface area contributed by atoms with E-state index in [1.54, 1.807) is 17.0 Å². The number of carbonyl (C=O) groups excluding carboxylic acids is 2. The number of imidazole rings is 1. The summed E-state index contributed by atoms with van der Waals surface area (Å²) < 4.78 is 63.5. The van der Waals surface area contributed by atoms with Crippen molar-refractivity contribution < 1.29 is 60.8 Å². The van der Waals surface area contributed by atoms with Crippen LogP contribution in [0.4, 0.5) is 26.3 Å². The van der Waals surface area contributed by atoms with Crippen molar-refractivity contribution in [2.75, 3.05) is 0 Å². The van der Waals surface area contributed by atoms with Gasteiger partial charge < -0.3 is 36.3 Å². The van der Waals surface area contributed by atoms with Crippen LogP contribution >= 0.6 is 0 Å². The van der Waals surface area contributed by atoms with Gasteiger partial charge in [-0.3, -0.25) is 9.59 Å². The molecule has 2 heterocycles. The Morgan fingerprint density at radius 1 is 0.909 bits per heavy atom. The number of aromatic nitrogens is 2. The first-order valence-corrected chi connectivity index (χ1v) is 16.8. The third-order valence-corrected chi connectivity index (χ3v) is 8.50. The second kappa shape index (κ2) is 18.1. The van der Waals surface area contributed by atoms with Gasteiger partial charge in [0.15, 0.2) is 0 Å². The first kappa shape index (κ1) is 43.8. The topological polar surface area (TPSA) is 199 Å². The van der Waals surface area contributed by atoms with Crippen molar-refractivity contribution in [1.29, 1.82) is 0 Å². The highest BCUT2D eigenvalue weighted by Crippen LogP contribution is 2.28. The zero-order valence-corrected chi connectivity index (χ0v) is 30.1. The summed E-state index contributed by atoms with van der Waals surface area (Å²) in [7, 11) is 0. The molecule has 0 spiro atoms. The average Bonchev–Trinajstić information content (AvgIpc) is 3.52. The highest BCUT2D eigenvalue weighted by molar-refractivity contribution is 5.91. The molecule has 0 fully saturated rings. The summed E-state index contributed by atoms with van der Waals surface area (Å²) in [6.45, 7) is 8.34. The van der Waals surface area contributed by atoms with Crippen molar-refractivity contribution in [1.82, 2.24) is 20.2 Å². The number of alkyl halides is 6. The Hall–Kier alpha value is -5.65. The molecule has 3 aromatic carbocycles. The van der Waals surface area contributed by atoms with Crippen LogP contribution in [0.2, 0.25) is 0 Å². The fourth-order valence-corrected chi connectivity index (χ4v) is 5.92. The van der Waals surface area contributed by atoms with Crippen LogP contribution in [-0.2, 0) is 38.6 Å². The number of para-hydroxylation sites is 2. The number of carboxylic acids is 2. The van der Waals surface area contributed by atoms with Gasteiger partial charge in [0.05, 0.1) is 23.1 Å². The first-order chi connectivity index (χ1) is 25.5. The smallest absolute Gasteiger partial charge is 0.490 e. The molecule has 298 valence electrons. The highest BCUT2D eigenvalue weighted by atomic mass is 19.4. The van der Waals surface area contributed by atoms with Gasteiger partial charge in [-0.05, 0) is 84.7 Å². The zero-order valence-electron chi connectivity index (χ0n) is 30.1. The molecule has 2 amide bonds. The van der Waals surface area contributed by atoms with E-state index in [-0.39, 0.29) is 23.6 Å².